The van der Waals surface area contributed by atoms with E-state index in [4.69, 9.17) is 22.1 Å². The number of benzene rings is 1. The van der Waals surface area contributed by atoms with Gasteiger partial charge in [-0.15, -0.1) is 0 Å². The van der Waals surface area contributed by atoms with E-state index in [0.29, 0.717) is 11.3 Å². The second-order valence-electron chi connectivity index (χ2n) is 6.28. The fourth-order valence-electron chi connectivity index (χ4n) is 2.47. The molecule has 1 aromatic carbocycles. The van der Waals surface area contributed by atoms with E-state index in [1.807, 2.05) is 0 Å². The molecule has 0 aliphatic heterocycles. The molecule has 0 aliphatic carbocycles. The molecule has 0 fully saturated rings. The van der Waals surface area contributed by atoms with Crippen LogP contribution in [-0.2, 0) is 19.4 Å². The van der Waals surface area contributed by atoms with Crippen LogP contribution in [0.1, 0.15) is 12.6 Å². The zero-order valence-electron chi connectivity index (χ0n) is 16.5. The molecule has 0 saturated carbocycles. The highest BCUT2D eigenvalue weighted by Crippen LogP contribution is 2.29. The van der Waals surface area contributed by atoms with E-state index >= 15 is 0 Å². The first-order valence-electron chi connectivity index (χ1n) is 8.77. The lowest BCUT2D eigenvalue weighted by Gasteiger charge is -2.11. The van der Waals surface area contributed by atoms with Gasteiger partial charge in [0, 0.05) is 11.9 Å². The summed E-state index contributed by atoms with van der Waals surface area (Å²) in [7, 11) is -3.47. The molecule has 2 rings (SSSR count). The highest BCUT2D eigenvalue weighted by Gasteiger charge is 2.35. The van der Waals surface area contributed by atoms with Gasteiger partial charge in [-0.1, -0.05) is 23.7 Å². The van der Waals surface area contributed by atoms with Crippen LogP contribution in [0.5, 0.6) is 0 Å². The first-order valence-corrected chi connectivity index (χ1v) is 11.0. The Labute approximate surface area is 181 Å². The van der Waals surface area contributed by atoms with Crippen LogP contribution in [0.4, 0.5) is 13.2 Å². The Morgan fingerprint density at radius 2 is 1.94 bits per heavy atom. The Bertz CT molecular complexity index is 1140. The van der Waals surface area contributed by atoms with Crippen molar-refractivity contribution in [2.24, 2.45) is 10.7 Å². The Hall–Kier alpha value is -2.79. The average molecular weight is 478 g/mol. The molecule has 1 heterocycles. The SMILES string of the molecule is CCOC(=O)CN=C(C(Cl)=C(N)C(F)(F)F)c1ccc(-c2cccc(S(C)(=O)=O)c2)[nH]1. The Balaban J connectivity index is 2.53. The maximum Gasteiger partial charge on any atom is 0.432 e. The van der Waals surface area contributed by atoms with Gasteiger partial charge in [0.05, 0.1) is 22.2 Å². The molecule has 31 heavy (non-hydrogen) atoms. The van der Waals surface area contributed by atoms with Crippen molar-refractivity contribution in [2.45, 2.75) is 18.0 Å². The largest absolute Gasteiger partial charge is 0.465 e. The number of aliphatic imine (C=N–C) groups is 1. The summed E-state index contributed by atoms with van der Waals surface area (Å²) in [5, 5.41) is -0.893. The number of allylic oxidation sites excluding steroid dienone is 2. The first-order chi connectivity index (χ1) is 14.3. The predicted molar refractivity (Wildman–Crippen MR) is 110 cm³/mol. The van der Waals surface area contributed by atoms with Gasteiger partial charge in [-0.2, -0.15) is 13.2 Å². The van der Waals surface area contributed by atoms with E-state index in [0.717, 1.165) is 6.26 Å². The number of alkyl halides is 3. The van der Waals surface area contributed by atoms with Crippen LogP contribution >= 0.6 is 11.6 Å². The molecule has 0 saturated heterocycles. The van der Waals surface area contributed by atoms with Crippen LogP contribution in [0.15, 0.2) is 57.0 Å². The second kappa shape index (κ2) is 9.56. The van der Waals surface area contributed by atoms with Gasteiger partial charge in [0.2, 0.25) is 0 Å². The van der Waals surface area contributed by atoms with Crippen molar-refractivity contribution in [2.75, 3.05) is 19.4 Å². The summed E-state index contributed by atoms with van der Waals surface area (Å²) in [6, 6.07) is 8.85. The molecule has 0 unspecified atom stereocenters. The molecule has 0 amide bonds. The fraction of sp³-hybridized carbons (Fsp3) is 0.263. The average Bonchev–Trinajstić information content (AvgIpc) is 3.16. The normalized spacial score (nSPS) is 13.7. The van der Waals surface area contributed by atoms with Gasteiger partial charge < -0.3 is 15.5 Å². The number of aromatic nitrogens is 1. The summed E-state index contributed by atoms with van der Waals surface area (Å²) in [5.41, 5.74) is 4.05. The molecule has 0 bridgehead atoms. The molecule has 0 radical (unpaired) electrons. The van der Waals surface area contributed by atoms with Crippen LogP contribution in [-0.4, -0.2) is 50.7 Å². The molecule has 0 spiro atoms. The van der Waals surface area contributed by atoms with Gasteiger partial charge >= 0.3 is 12.1 Å². The number of esters is 1. The number of nitrogens with one attached hydrogen (secondary N) is 1. The number of nitrogens with zero attached hydrogens (tertiary/aromatic N) is 1. The van der Waals surface area contributed by atoms with Crippen LogP contribution in [0, 0.1) is 0 Å². The van der Waals surface area contributed by atoms with E-state index in [-0.39, 0.29) is 17.2 Å². The van der Waals surface area contributed by atoms with Gasteiger partial charge in [0.25, 0.3) is 0 Å². The van der Waals surface area contributed by atoms with E-state index in [9.17, 15) is 26.4 Å². The number of halogens is 4. The third kappa shape index (κ3) is 6.34. The minimum absolute atomic E-state index is 0.0428. The van der Waals surface area contributed by atoms with Crippen LogP contribution in [0.3, 0.4) is 0 Å². The highest BCUT2D eigenvalue weighted by atomic mass is 35.5. The summed E-state index contributed by atoms with van der Waals surface area (Å²) in [6.45, 7) is 1.06. The third-order valence-corrected chi connectivity index (χ3v) is 5.43. The zero-order valence-corrected chi connectivity index (χ0v) is 18.0. The quantitative estimate of drug-likeness (QED) is 0.468. The summed E-state index contributed by atoms with van der Waals surface area (Å²) >= 11 is 5.87. The third-order valence-electron chi connectivity index (χ3n) is 3.94. The maximum absolute atomic E-state index is 13.0. The molecule has 0 atom stereocenters. The molecule has 168 valence electrons. The Kier molecular flexibility index (Phi) is 7.55. The smallest absolute Gasteiger partial charge is 0.432 e. The molecule has 12 heteroatoms. The number of carbonyl (C=O) groups excluding carboxylic acids is 1. The second-order valence-corrected chi connectivity index (χ2v) is 8.67. The van der Waals surface area contributed by atoms with Crippen molar-refractivity contribution in [3.05, 3.63) is 52.8 Å². The maximum atomic E-state index is 13.0. The summed E-state index contributed by atoms with van der Waals surface area (Å²) in [6.07, 6.45) is -3.86. The lowest BCUT2D eigenvalue weighted by molar-refractivity contribution is -0.141. The lowest BCUT2D eigenvalue weighted by atomic mass is 10.2. The van der Waals surface area contributed by atoms with Crippen molar-refractivity contribution in [3.8, 4) is 11.3 Å². The van der Waals surface area contributed by atoms with Gasteiger partial charge in [0.1, 0.15) is 18.0 Å². The molecule has 2 aromatic rings. The topological polar surface area (TPSA) is 115 Å². The number of hydrogen-bond donors (Lipinski definition) is 2. The number of sulfone groups is 1. The first kappa shape index (κ1) is 24.5. The van der Waals surface area contributed by atoms with Crippen molar-refractivity contribution in [1.82, 2.24) is 4.98 Å². The summed E-state index contributed by atoms with van der Waals surface area (Å²) in [5.74, 6) is -0.761. The van der Waals surface area contributed by atoms with Crippen LogP contribution in [0.25, 0.3) is 11.3 Å². The monoisotopic (exact) mass is 477 g/mol. The Morgan fingerprint density at radius 1 is 1.26 bits per heavy atom. The van der Waals surface area contributed by atoms with Gasteiger partial charge in [-0.3, -0.25) is 9.79 Å². The zero-order chi connectivity index (χ0) is 23.4. The number of rotatable bonds is 7. The molecule has 3 N–H and O–H groups in total. The van der Waals surface area contributed by atoms with Gasteiger partial charge in [-0.05, 0) is 36.8 Å². The van der Waals surface area contributed by atoms with Crippen LogP contribution in [0.2, 0.25) is 0 Å². The number of aromatic amines is 1. The van der Waals surface area contributed by atoms with Crippen molar-refractivity contribution in [3.63, 3.8) is 0 Å². The Morgan fingerprint density at radius 3 is 2.52 bits per heavy atom. The number of nitrogens with two attached hydrogens (primary N) is 1. The minimum atomic E-state index is -4.92. The molecule has 7 nitrogen and oxygen atoms in total. The number of carbonyl (C=O) groups is 1. The number of H-pyrrole nitrogens is 1. The van der Waals surface area contributed by atoms with Crippen molar-refractivity contribution >= 4 is 33.1 Å². The predicted octanol–water partition coefficient (Wildman–Crippen LogP) is 3.41. The van der Waals surface area contributed by atoms with Crippen molar-refractivity contribution in [1.29, 1.82) is 0 Å². The summed E-state index contributed by atoms with van der Waals surface area (Å²) < 4.78 is 67.4. The van der Waals surface area contributed by atoms with Gasteiger partial charge in [-0.25, -0.2) is 8.42 Å². The lowest BCUT2D eigenvalue weighted by Crippen LogP contribution is -2.24. The van der Waals surface area contributed by atoms with Gasteiger partial charge in [0.15, 0.2) is 9.84 Å². The van der Waals surface area contributed by atoms with Crippen molar-refractivity contribution < 1.29 is 31.1 Å². The number of ether oxygens (including phenoxy) is 1. The van der Waals surface area contributed by atoms with E-state index in [2.05, 4.69) is 9.98 Å². The fourth-order valence-corrected chi connectivity index (χ4v) is 3.41. The van der Waals surface area contributed by atoms with E-state index in [1.165, 1.54) is 30.3 Å². The number of hydrogen-bond acceptors (Lipinski definition) is 6. The molecular weight excluding hydrogens is 459 g/mol. The van der Waals surface area contributed by atoms with E-state index in [1.54, 1.807) is 13.0 Å². The molecule has 0 aliphatic rings. The molecule has 1 aromatic heterocycles. The van der Waals surface area contributed by atoms with E-state index < -0.39 is 45.0 Å². The highest BCUT2D eigenvalue weighted by molar-refractivity contribution is 7.90. The van der Waals surface area contributed by atoms with Crippen LogP contribution < -0.4 is 5.73 Å². The standard InChI is InChI=1S/C19H19ClF3N3O4S/c1-3-30-15(27)10-25-17(16(20)18(24)19(21,22)23)14-8-7-13(26-14)11-5-4-6-12(9-11)31(2,28)29/h4-9,26H,3,10,24H2,1-2H3. The molecular formula is C19H19ClF3N3O4S. The summed E-state index contributed by atoms with van der Waals surface area (Å²) in [4.78, 5) is 18.4. The minimum Gasteiger partial charge on any atom is -0.465 e.